The highest BCUT2D eigenvalue weighted by atomic mass is 31.2. The van der Waals surface area contributed by atoms with Crippen molar-refractivity contribution >= 4 is 39.5 Å². The number of hydrogen-bond donors (Lipinski definition) is 3. The predicted octanol–water partition coefficient (Wildman–Crippen LogP) is 25.5. The van der Waals surface area contributed by atoms with Crippen molar-refractivity contribution in [3.8, 4) is 0 Å². The van der Waals surface area contributed by atoms with Crippen LogP contribution in [0.3, 0.4) is 0 Å². The number of esters is 4. The summed E-state index contributed by atoms with van der Waals surface area (Å²) in [6.07, 6.45) is 66.6. The van der Waals surface area contributed by atoms with Crippen molar-refractivity contribution in [2.45, 2.75) is 464 Å². The van der Waals surface area contributed by atoms with Gasteiger partial charge in [-0.2, -0.15) is 0 Å². The highest BCUT2D eigenvalue weighted by Gasteiger charge is 2.30. The molecular weight excluding hydrogens is 1340 g/mol. The van der Waals surface area contributed by atoms with Gasteiger partial charge in [0.25, 0.3) is 0 Å². The van der Waals surface area contributed by atoms with E-state index in [1.54, 1.807) is 0 Å². The molecule has 0 aromatic rings. The lowest BCUT2D eigenvalue weighted by atomic mass is 9.99. The number of carbonyl (C=O) groups excluding carboxylic acids is 4. The molecule has 0 radical (unpaired) electrons. The molecule has 612 valence electrons. The van der Waals surface area contributed by atoms with Crippen LogP contribution in [-0.4, -0.2) is 96.7 Å². The third kappa shape index (κ3) is 75.3. The molecule has 0 aliphatic rings. The minimum atomic E-state index is -4.96. The van der Waals surface area contributed by atoms with Crippen LogP contribution >= 0.6 is 15.6 Å². The fourth-order valence-corrected chi connectivity index (χ4v) is 14.6. The lowest BCUT2D eigenvalue weighted by Gasteiger charge is -2.21. The molecule has 7 atom stereocenters. The molecule has 0 amide bonds. The molecule has 0 spiro atoms. The first-order valence-corrected chi connectivity index (χ1v) is 46.6. The third-order valence-corrected chi connectivity index (χ3v) is 22.3. The highest BCUT2D eigenvalue weighted by molar-refractivity contribution is 7.47. The van der Waals surface area contributed by atoms with Crippen LogP contribution in [0.2, 0.25) is 0 Å². The topological polar surface area (TPSA) is 237 Å². The van der Waals surface area contributed by atoms with Crippen LogP contribution in [0.1, 0.15) is 446 Å². The Balaban J connectivity index is 5.21. The van der Waals surface area contributed by atoms with Crippen LogP contribution in [0.4, 0.5) is 0 Å². The predicted molar refractivity (Wildman–Crippen MR) is 423 cm³/mol. The fourth-order valence-electron chi connectivity index (χ4n) is 13.0. The first-order chi connectivity index (χ1) is 49.9. The summed E-state index contributed by atoms with van der Waals surface area (Å²) in [5.74, 6) is -0.454. The number of hydrogen-bond acceptors (Lipinski definition) is 15. The highest BCUT2D eigenvalue weighted by Crippen LogP contribution is 2.45. The van der Waals surface area contributed by atoms with Crippen LogP contribution in [0.25, 0.3) is 0 Å². The number of aliphatic hydroxyl groups is 1. The Labute approximate surface area is 632 Å². The number of rotatable bonds is 83. The zero-order valence-electron chi connectivity index (χ0n) is 67.6. The number of ether oxygens (including phenoxy) is 4. The van der Waals surface area contributed by atoms with Gasteiger partial charge >= 0.3 is 39.5 Å². The molecule has 0 fully saturated rings. The van der Waals surface area contributed by atoms with Crippen molar-refractivity contribution in [2.24, 2.45) is 11.8 Å². The molecular formula is C84H164O17P2. The van der Waals surface area contributed by atoms with E-state index in [9.17, 15) is 43.2 Å². The average molecular weight is 1510 g/mol. The summed E-state index contributed by atoms with van der Waals surface area (Å²) >= 11 is 0. The monoisotopic (exact) mass is 1510 g/mol. The second-order valence-electron chi connectivity index (χ2n) is 30.7. The molecule has 0 rings (SSSR count). The number of phosphoric acid groups is 2. The Bertz CT molecular complexity index is 1980. The first-order valence-electron chi connectivity index (χ1n) is 43.6. The van der Waals surface area contributed by atoms with E-state index in [0.717, 1.165) is 102 Å². The largest absolute Gasteiger partial charge is 0.472 e. The number of unbranched alkanes of at least 4 members (excludes halogenated alkanes) is 51. The summed E-state index contributed by atoms with van der Waals surface area (Å²) < 4.78 is 68.8. The van der Waals surface area contributed by atoms with Crippen molar-refractivity contribution in [1.29, 1.82) is 0 Å². The minimum Gasteiger partial charge on any atom is -0.462 e. The molecule has 0 bridgehead atoms. The standard InChI is InChI=1S/C84H164O17P2/c1-7-11-13-15-17-19-20-21-22-23-24-25-26-27-28-29-34-37-44-50-56-62-68-83(88)100-80(73-95-82(87)67-61-55-49-43-36-33-31-30-32-35-41-46-52-58-64-76(5)9-3)75-99-103(92,93)97-71-78(85)70-96-102(90,91)98-74-79(72-94-81(86)66-60-54-48-40-18-16-14-12-8-2)101-84(89)69-63-57-51-45-39-38-42-47-53-59-65-77(6)10-4/h76-80,85H,7-75H2,1-6H3,(H,90,91)(H,92,93)/t76?,77?,78-,79+,80+/m0/s1. The molecule has 3 N–H and O–H groups in total. The van der Waals surface area contributed by atoms with E-state index in [1.165, 1.54) is 263 Å². The Hall–Kier alpha value is -1.94. The Morgan fingerprint density at radius 1 is 0.272 bits per heavy atom. The maximum Gasteiger partial charge on any atom is 0.472 e. The molecule has 4 unspecified atom stereocenters. The van der Waals surface area contributed by atoms with Gasteiger partial charge in [-0.15, -0.1) is 0 Å². The van der Waals surface area contributed by atoms with Gasteiger partial charge < -0.3 is 33.8 Å². The molecule has 103 heavy (non-hydrogen) atoms. The summed E-state index contributed by atoms with van der Waals surface area (Å²) in [6, 6.07) is 0. The molecule has 0 saturated heterocycles. The summed E-state index contributed by atoms with van der Waals surface area (Å²) in [6.45, 7) is 9.71. The van der Waals surface area contributed by atoms with Crippen LogP contribution in [0, 0.1) is 11.8 Å². The summed E-state index contributed by atoms with van der Waals surface area (Å²) in [4.78, 5) is 73.1. The average Bonchev–Trinajstić information content (AvgIpc) is 0.917. The van der Waals surface area contributed by atoms with Gasteiger partial charge in [0.1, 0.15) is 19.3 Å². The second-order valence-corrected chi connectivity index (χ2v) is 33.6. The lowest BCUT2D eigenvalue weighted by molar-refractivity contribution is -0.161. The third-order valence-electron chi connectivity index (χ3n) is 20.4. The molecule has 0 aliphatic heterocycles. The zero-order chi connectivity index (χ0) is 75.6. The van der Waals surface area contributed by atoms with E-state index < -0.39 is 97.5 Å². The number of aliphatic hydroxyl groups excluding tert-OH is 1. The maximum absolute atomic E-state index is 13.1. The first kappa shape index (κ1) is 101. The van der Waals surface area contributed by atoms with Gasteiger partial charge in [0, 0.05) is 25.7 Å². The van der Waals surface area contributed by atoms with E-state index >= 15 is 0 Å². The molecule has 0 aromatic carbocycles. The van der Waals surface area contributed by atoms with E-state index in [-0.39, 0.29) is 25.7 Å². The van der Waals surface area contributed by atoms with Crippen LogP contribution in [-0.2, 0) is 65.4 Å². The minimum absolute atomic E-state index is 0.107. The molecule has 19 heteroatoms. The van der Waals surface area contributed by atoms with Gasteiger partial charge in [-0.25, -0.2) is 9.13 Å². The van der Waals surface area contributed by atoms with Gasteiger partial charge in [0.15, 0.2) is 12.2 Å². The van der Waals surface area contributed by atoms with Gasteiger partial charge in [0.05, 0.1) is 26.4 Å². The van der Waals surface area contributed by atoms with Crippen molar-refractivity contribution in [2.75, 3.05) is 39.6 Å². The van der Waals surface area contributed by atoms with Crippen molar-refractivity contribution < 1.29 is 80.2 Å². The summed E-state index contributed by atoms with van der Waals surface area (Å²) in [5.41, 5.74) is 0. The van der Waals surface area contributed by atoms with Gasteiger partial charge in [-0.05, 0) is 37.5 Å². The van der Waals surface area contributed by atoms with E-state index in [0.29, 0.717) is 25.7 Å². The SMILES string of the molecule is CCCCCCCCCCCCCCCCCCCCCCCCC(=O)O[C@H](COC(=O)CCCCCCCCCCCCCCCCC(C)CC)COP(=O)(O)OC[C@@H](O)COP(=O)(O)OC[C@@H](COC(=O)CCCCCCCCCCC)OC(=O)CCCCCCCCCCCCC(C)CC. The van der Waals surface area contributed by atoms with Crippen molar-refractivity contribution in [3.63, 3.8) is 0 Å². The van der Waals surface area contributed by atoms with Gasteiger partial charge in [-0.1, -0.05) is 395 Å². The van der Waals surface area contributed by atoms with Gasteiger partial charge in [-0.3, -0.25) is 37.3 Å². The maximum atomic E-state index is 13.1. The van der Waals surface area contributed by atoms with Gasteiger partial charge in [0.2, 0.25) is 0 Å². The smallest absolute Gasteiger partial charge is 0.462 e. The molecule has 0 heterocycles. The van der Waals surface area contributed by atoms with E-state index in [1.807, 2.05) is 0 Å². The zero-order valence-corrected chi connectivity index (χ0v) is 69.4. The fraction of sp³-hybridized carbons (Fsp3) is 0.952. The number of carbonyl (C=O) groups is 4. The van der Waals surface area contributed by atoms with Crippen molar-refractivity contribution in [3.05, 3.63) is 0 Å². The molecule has 0 aliphatic carbocycles. The Kier molecular flexibility index (Phi) is 74.1. The van der Waals surface area contributed by atoms with Crippen LogP contribution in [0.15, 0.2) is 0 Å². The van der Waals surface area contributed by atoms with Crippen molar-refractivity contribution in [1.82, 2.24) is 0 Å². The second kappa shape index (κ2) is 75.5. The number of phosphoric ester groups is 2. The van der Waals surface area contributed by atoms with Crippen LogP contribution < -0.4 is 0 Å². The van der Waals surface area contributed by atoms with E-state index in [4.69, 9.17) is 37.0 Å². The molecule has 0 aromatic heterocycles. The quantitative estimate of drug-likeness (QED) is 0.0222. The Morgan fingerprint density at radius 2 is 0.466 bits per heavy atom. The van der Waals surface area contributed by atoms with Crippen LogP contribution in [0.5, 0.6) is 0 Å². The molecule has 0 saturated carbocycles. The summed E-state index contributed by atoms with van der Waals surface area (Å²) in [7, 11) is -9.92. The molecule has 17 nitrogen and oxygen atoms in total. The summed E-state index contributed by atoms with van der Waals surface area (Å²) in [5, 5.41) is 10.7. The Morgan fingerprint density at radius 3 is 0.689 bits per heavy atom. The van der Waals surface area contributed by atoms with E-state index in [2.05, 4.69) is 41.5 Å². The normalized spacial score (nSPS) is 14.4. The lowest BCUT2D eigenvalue weighted by Crippen LogP contribution is -2.30.